The summed E-state index contributed by atoms with van der Waals surface area (Å²) in [6.45, 7) is 7.54. The third-order valence-electron chi connectivity index (χ3n) is 3.40. The van der Waals surface area contributed by atoms with Crippen LogP contribution in [-0.4, -0.2) is 4.98 Å². The van der Waals surface area contributed by atoms with E-state index in [2.05, 4.69) is 60.7 Å². The Morgan fingerprint density at radius 2 is 1.95 bits per heavy atom. The minimum absolute atomic E-state index is 0.382. The summed E-state index contributed by atoms with van der Waals surface area (Å²) >= 11 is 1.65. The van der Waals surface area contributed by atoms with Crippen molar-refractivity contribution in [1.82, 2.24) is 10.3 Å². The Hall–Kier alpha value is -1.19. The number of hydrogen-bond donors (Lipinski definition) is 1. The monoisotopic (exact) mass is 274 g/mol. The van der Waals surface area contributed by atoms with Crippen LogP contribution in [0.5, 0.6) is 0 Å². The summed E-state index contributed by atoms with van der Waals surface area (Å²) in [5.74, 6) is 0.561. The first-order valence-corrected chi connectivity index (χ1v) is 7.84. The maximum atomic E-state index is 4.32. The van der Waals surface area contributed by atoms with Crippen LogP contribution in [0.25, 0.3) is 0 Å². The number of hydrogen-bond acceptors (Lipinski definition) is 3. The number of benzene rings is 1. The molecule has 0 saturated carbocycles. The van der Waals surface area contributed by atoms with Crippen LogP contribution in [0.4, 0.5) is 0 Å². The molecule has 0 fully saturated rings. The van der Waals surface area contributed by atoms with E-state index < -0.39 is 0 Å². The van der Waals surface area contributed by atoms with Crippen LogP contribution in [0.1, 0.15) is 43.6 Å². The first-order chi connectivity index (χ1) is 9.20. The van der Waals surface area contributed by atoms with Crippen molar-refractivity contribution in [1.29, 1.82) is 0 Å². The Morgan fingerprint density at radius 1 is 1.21 bits per heavy atom. The zero-order valence-electron chi connectivity index (χ0n) is 11.9. The quantitative estimate of drug-likeness (QED) is 0.854. The summed E-state index contributed by atoms with van der Waals surface area (Å²) in [7, 11) is 0. The molecular weight excluding hydrogens is 252 g/mol. The third-order valence-corrected chi connectivity index (χ3v) is 4.04. The third kappa shape index (κ3) is 3.88. The van der Waals surface area contributed by atoms with E-state index in [9.17, 15) is 0 Å². The van der Waals surface area contributed by atoms with Crippen LogP contribution < -0.4 is 5.32 Å². The van der Waals surface area contributed by atoms with Gasteiger partial charge in [-0.05, 0) is 23.5 Å². The normalized spacial score (nSPS) is 12.8. The average Bonchev–Trinajstić information content (AvgIpc) is 2.92. The lowest BCUT2D eigenvalue weighted by molar-refractivity contribution is 0.409. The molecule has 1 aromatic heterocycles. The summed E-state index contributed by atoms with van der Waals surface area (Å²) in [6, 6.07) is 9.34. The van der Waals surface area contributed by atoms with E-state index in [1.54, 1.807) is 11.3 Å². The molecule has 0 amide bonds. The molecule has 3 heteroatoms. The Bertz CT molecular complexity index is 474. The second-order valence-electron chi connectivity index (χ2n) is 5.18. The maximum Gasteiger partial charge on any atom is 0.0795 e. The van der Waals surface area contributed by atoms with Crippen LogP contribution in [0.3, 0.4) is 0 Å². The molecule has 102 valence electrons. The highest BCUT2D eigenvalue weighted by molar-refractivity contribution is 7.07. The minimum Gasteiger partial charge on any atom is -0.304 e. The first-order valence-electron chi connectivity index (χ1n) is 6.90. The van der Waals surface area contributed by atoms with Crippen molar-refractivity contribution in [3.63, 3.8) is 0 Å². The Morgan fingerprint density at radius 3 is 2.47 bits per heavy atom. The number of aryl methyl sites for hydroxylation is 1. The standard InChI is InChI=1S/C16H22N2S/c1-4-13-5-7-14(8-6-13)16(12(2)3)17-9-15-10-19-11-18-15/h5-8,10-12,16-17H,4,9H2,1-3H3. The smallest absolute Gasteiger partial charge is 0.0795 e. The molecule has 2 nitrogen and oxygen atoms in total. The lowest BCUT2D eigenvalue weighted by Crippen LogP contribution is -2.25. The topological polar surface area (TPSA) is 24.9 Å². The fraction of sp³-hybridized carbons (Fsp3) is 0.438. The molecule has 1 N–H and O–H groups in total. The van der Waals surface area contributed by atoms with Gasteiger partial charge < -0.3 is 5.32 Å². The van der Waals surface area contributed by atoms with Crippen LogP contribution in [0.2, 0.25) is 0 Å². The van der Waals surface area contributed by atoms with Crippen molar-refractivity contribution in [2.75, 3.05) is 0 Å². The zero-order chi connectivity index (χ0) is 13.7. The van der Waals surface area contributed by atoms with Gasteiger partial charge in [-0.3, -0.25) is 0 Å². The van der Waals surface area contributed by atoms with E-state index in [1.165, 1.54) is 11.1 Å². The van der Waals surface area contributed by atoms with E-state index >= 15 is 0 Å². The molecular formula is C16H22N2S. The number of nitrogens with zero attached hydrogens (tertiary/aromatic N) is 1. The van der Waals surface area contributed by atoms with E-state index in [-0.39, 0.29) is 0 Å². The molecule has 19 heavy (non-hydrogen) atoms. The lowest BCUT2D eigenvalue weighted by atomic mass is 9.95. The Kier molecular flexibility index (Phi) is 5.11. The highest BCUT2D eigenvalue weighted by atomic mass is 32.1. The largest absolute Gasteiger partial charge is 0.304 e. The van der Waals surface area contributed by atoms with Gasteiger partial charge in [0, 0.05) is 18.0 Å². The molecule has 1 heterocycles. The van der Waals surface area contributed by atoms with Crippen LogP contribution in [-0.2, 0) is 13.0 Å². The average molecular weight is 274 g/mol. The van der Waals surface area contributed by atoms with Crippen LogP contribution >= 0.6 is 11.3 Å². The van der Waals surface area contributed by atoms with Gasteiger partial charge in [0.05, 0.1) is 11.2 Å². The minimum atomic E-state index is 0.382. The van der Waals surface area contributed by atoms with Gasteiger partial charge in [0.25, 0.3) is 0 Å². The van der Waals surface area contributed by atoms with Crippen molar-refractivity contribution in [3.8, 4) is 0 Å². The van der Waals surface area contributed by atoms with Crippen molar-refractivity contribution >= 4 is 11.3 Å². The Labute approximate surface area is 119 Å². The molecule has 1 atom stereocenters. The van der Waals surface area contributed by atoms with Crippen LogP contribution in [0, 0.1) is 5.92 Å². The summed E-state index contributed by atoms with van der Waals surface area (Å²) in [5.41, 5.74) is 5.77. The number of thiazole rings is 1. The van der Waals surface area contributed by atoms with Crippen molar-refractivity contribution in [3.05, 3.63) is 52.0 Å². The van der Waals surface area contributed by atoms with E-state index in [1.807, 2.05) is 5.51 Å². The van der Waals surface area contributed by atoms with Crippen molar-refractivity contribution < 1.29 is 0 Å². The summed E-state index contributed by atoms with van der Waals surface area (Å²) in [5, 5.41) is 5.72. The molecule has 0 aliphatic heterocycles. The lowest BCUT2D eigenvalue weighted by Gasteiger charge is -2.23. The molecule has 0 aliphatic carbocycles. The van der Waals surface area contributed by atoms with E-state index in [0.717, 1.165) is 18.7 Å². The van der Waals surface area contributed by atoms with Gasteiger partial charge in [-0.2, -0.15) is 0 Å². The molecule has 0 spiro atoms. The van der Waals surface area contributed by atoms with Gasteiger partial charge in [-0.15, -0.1) is 11.3 Å². The van der Waals surface area contributed by atoms with Crippen molar-refractivity contribution in [2.45, 2.75) is 39.8 Å². The maximum absolute atomic E-state index is 4.32. The molecule has 2 aromatic rings. The summed E-state index contributed by atoms with van der Waals surface area (Å²) in [4.78, 5) is 4.32. The van der Waals surface area contributed by atoms with E-state index in [0.29, 0.717) is 12.0 Å². The number of aromatic nitrogens is 1. The fourth-order valence-electron chi connectivity index (χ4n) is 2.24. The molecule has 1 unspecified atom stereocenters. The molecule has 0 saturated heterocycles. The number of nitrogens with one attached hydrogen (secondary N) is 1. The highest BCUT2D eigenvalue weighted by Crippen LogP contribution is 2.22. The van der Waals surface area contributed by atoms with Gasteiger partial charge in [-0.25, -0.2) is 4.98 Å². The molecule has 0 bridgehead atoms. The van der Waals surface area contributed by atoms with Gasteiger partial charge in [0.15, 0.2) is 0 Å². The second-order valence-corrected chi connectivity index (χ2v) is 5.90. The fourth-order valence-corrected chi connectivity index (χ4v) is 2.80. The van der Waals surface area contributed by atoms with Gasteiger partial charge in [0.2, 0.25) is 0 Å². The second kappa shape index (κ2) is 6.83. The van der Waals surface area contributed by atoms with Crippen LogP contribution in [0.15, 0.2) is 35.2 Å². The van der Waals surface area contributed by atoms with Gasteiger partial charge in [0.1, 0.15) is 0 Å². The zero-order valence-corrected chi connectivity index (χ0v) is 12.7. The highest BCUT2D eigenvalue weighted by Gasteiger charge is 2.15. The SMILES string of the molecule is CCc1ccc(C(NCc2cscn2)C(C)C)cc1. The number of rotatable bonds is 6. The van der Waals surface area contributed by atoms with Gasteiger partial charge in [-0.1, -0.05) is 45.0 Å². The van der Waals surface area contributed by atoms with E-state index in [4.69, 9.17) is 0 Å². The Balaban J connectivity index is 2.06. The summed E-state index contributed by atoms with van der Waals surface area (Å²) in [6.07, 6.45) is 1.10. The van der Waals surface area contributed by atoms with Gasteiger partial charge >= 0.3 is 0 Å². The predicted octanol–water partition coefficient (Wildman–Crippen LogP) is 4.19. The summed E-state index contributed by atoms with van der Waals surface area (Å²) < 4.78 is 0. The van der Waals surface area contributed by atoms with Crippen molar-refractivity contribution in [2.24, 2.45) is 5.92 Å². The molecule has 0 aliphatic rings. The first kappa shape index (κ1) is 14.2. The molecule has 2 rings (SSSR count). The predicted molar refractivity (Wildman–Crippen MR) is 82.4 cm³/mol. The molecule has 1 aromatic carbocycles. The molecule has 0 radical (unpaired) electrons.